The standard InChI is InChI=1S/C18H40N2S2/c1-21-17-11-9-7-5-3-4-6-8-10-13-19-14-12-15-20-16-18-22-2/h19-20H,3-18H2,1-2H3. The van der Waals surface area contributed by atoms with Gasteiger partial charge in [-0.25, -0.2) is 0 Å². The summed E-state index contributed by atoms with van der Waals surface area (Å²) in [5, 5.41) is 7.03. The fourth-order valence-electron chi connectivity index (χ4n) is 2.50. The predicted octanol–water partition coefficient (Wildman–Crippen LogP) is 4.79. The monoisotopic (exact) mass is 348 g/mol. The van der Waals surface area contributed by atoms with Crippen LogP contribution in [0.5, 0.6) is 0 Å². The molecule has 0 saturated carbocycles. The van der Waals surface area contributed by atoms with Gasteiger partial charge in [0, 0.05) is 12.3 Å². The Balaban J connectivity index is 2.91. The van der Waals surface area contributed by atoms with Crippen LogP contribution in [0.1, 0.15) is 64.2 Å². The molecule has 0 aliphatic carbocycles. The number of nitrogens with one attached hydrogen (secondary N) is 2. The van der Waals surface area contributed by atoms with Gasteiger partial charge in [-0.2, -0.15) is 23.5 Å². The topological polar surface area (TPSA) is 24.1 Å². The van der Waals surface area contributed by atoms with Crippen molar-refractivity contribution in [2.24, 2.45) is 0 Å². The number of hydrogen-bond donors (Lipinski definition) is 2. The average Bonchev–Trinajstić information content (AvgIpc) is 2.54. The molecule has 0 spiro atoms. The number of unbranched alkanes of at least 4 members (excludes halogenated alkanes) is 8. The highest BCUT2D eigenvalue weighted by Crippen LogP contribution is 2.10. The van der Waals surface area contributed by atoms with Gasteiger partial charge >= 0.3 is 0 Å². The highest BCUT2D eigenvalue weighted by molar-refractivity contribution is 7.98. The van der Waals surface area contributed by atoms with Crippen LogP contribution in [-0.2, 0) is 0 Å². The molecule has 134 valence electrons. The van der Waals surface area contributed by atoms with Crippen LogP contribution in [0.2, 0.25) is 0 Å². The van der Waals surface area contributed by atoms with Gasteiger partial charge in [-0.1, -0.05) is 44.9 Å². The van der Waals surface area contributed by atoms with Crippen LogP contribution in [0.15, 0.2) is 0 Å². The van der Waals surface area contributed by atoms with E-state index in [-0.39, 0.29) is 0 Å². The summed E-state index contributed by atoms with van der Waals surface area (Å²) in [6, 6.07) is 0. The summed E-state index contributed by atoms with van der Waals surface area (Å²) in [5.41, 5.74) is 0. The molecule has 0 bridgehead atoms. The molecule has 0 aliphatic rings. The van der Waals surface area contributed by atoms with E-state index in [1.807, 2.05) is 23.5 Å². The van der Waals surface area contributed by atoms with Gasteiger partial charge in [0.1, 0.15) is 0 Å². The van der Waals surface area contributed by atoms with Crippen molar-refractivity contribution >= 4 is 23.5 Å². The molecule has 4 heteroatoms. The van der Waals surface area contributed by atoms with Crippen LogP contribution in [0.3, 0.4) is 0 Å². The van der Waals surface area contributed by atoms with E-state index in [1.54, 1.807) is 0 Å². The van der Waals surface area contributed by atoms with Crippen molar-refractivity contribution < 1.29 is 0 Å². The fourth-order valence-corrected chi connectivity index (χ4v) is 3.34. The first kappa shape index (κ1) is 22.6. The fraction of sp³-hybridized carbons (Fsp3) is 1.00. The summed E-state index contributed by atoms with van der Waals surface area (Å²) >= 11 is 3.89. The molecule has 2 N–H and O–H groups in total. The molecule has 2 nitrogen and oxygen atoms in total. The van der Waals surface area contributed by atoms with Crippen molar-refractivity contribution in [1.29, 1.82) is 0 Å². The minimum atomic E-state index is 1.15. The maximum Gasteiger partial charge on any atom is 0.00553 e. The zero-order chi connectivity index (χ0) is 16.1. The van der Waals surface area contributed by atoms with Crippen molar-refractivity contribution in [3.8, 4) is 0 Å². The van der Waals surface area contributed by atoms with E-state index in [0.717, 1.165) is 13.1 Å². The molecule has 0 amide bonds. The smallest absolute Gasteiger partial charge is 0.00553 e. The van der Waals surface area contributed by atoms with E-state index in [4.69, 9.17) is 0 Å². The molecule has 0 rings (SSSR count). The summed E-state index contributed by atoms with van der Waals surface area (Å²) in [7, 11) is 0. The number of thioether (sulfide) groups is 2. The van der Waals surface area contributed by atoms with Crippen molar-refractivity contribution in [3.63, 3.8) is 0 Å². The molecule has 0 aliphatic heterocycles. The van der Waals surface area contributed by atoms with Crippen LogP contribution in [0, 0.1) is 0 Å². The quantitative estimate of drug-likeness (QED) is 0.328. The first-order valence-electron chi connectivity index (χ1n) is 9.31. The van der Waals surface area contributed by atoms with Crippen molar-refractivity contribution in [3.05, 3.63) is 0 Å². The largest absolute Gasteiger partial charge is 0.317 e. The van der Waals surface area contributed by atoms with E-state index in [2.05, 4.69) is 23.1 Å². The third kappa shape index (κ3) is 20.6. The zero-order valence-electron chi connectivity index (χ0n) is 15.1. The minimum Gasteiger partial charge on any atom is -0.317 e. The van der Waals surface area contributed by atoms with Crippen LogP contribution in [0.25, 0.3) is 0 Å². The Hall–Kier alpha value is 0.620. The lowest BCUT2D eigenvalue weighted by molar-refractivity contribution is 0.541. The highest BCUT2D eigenvalue weighted by atomic mass is 32.2. The molecule has 0 fully saturated rings. The minimum absolute atomic E-state index is 1.15. The van der Waals surface area contributed by atoms with Gasteiger partial charge < -0.3 is 10.6 Å². The second-order valence-corrected chi connectivity index (χ2v) is 7.99. The molecular weight excluding hydrogens is 308 g/mol. The van der Waals surface area contributed by atoms with E-state index in [0.29, 0.717) is 0 Å². The maximum absolute atomic E-state index is 3.56. The Morgan fingerprint density at radius 3 is 1.50 bits per heavy atom. The third-order valence-corrected chi connectivity index (χ3v) is 5.20. The molecule has 0 saturated heterocycles. The van der Waals surface area contributed by atoms with Crippen LogP contribution in [0.4, 0.5) is 0 Å². The molecule has 0 atom stereocenters. The number of rotatable bonds is 19. The lowest BCUT2D eigenvalue weighted by Gasteiger charge is -2.06. The van der Waals surface area contributed by atoms with Crippen molar-refractivity contribution in [2.75, 3.05) is 50.2 Å². The van der Waals surface area contributed by atoms with Crippen LogP contribution < -0.4 is 10.6 Å². The van der Waals surface area contributed by atoms with Gasteiger partial charge in [0.25, 0.3) is 0 Å². The first-order chi connectivity index (χ1) is 10.9. The second-order valence-electron chi connectivity index (χ2n) is 6.02. The normalized spacial score (nSPS) is 11.2. The SMILES string of the molecule is CSCCCCCCCCCCCNCCCNCCSC. The van der Waals surface area contributed by atoms with Gasteiger partial charge in [0.15, 0.2) is 0 Å². The predicted molar refractivity (Wildman–Crippen MR) is 109 cm³/mol. The maximum atomic E-state index is 3.56. The first-order valence-corrected chi connectivity index (χ1v) is 12.1. The van der Waals surface area contributed by atoms with Crippen LogP contribution in [-0.4, -0.2) is 50.2 Å². The van der Waals surface area contributed by atoms with E-state index in [9.17, 15) is 0 Å². The molecular formula is C18H40N2S2. The summed E-state index contributed by atoms with van der Waals surface area (Å²) < 4.78 is 0. The molecule has 0 unspecified atom stereocenters. The Labute approximate surface area is 148 Å². The van der Waals surface area contributed by atoms with E-state index < -0.39 is 0 Å². The van der Waals surface area contributed by atoms with E-state index in [1.165, 1.54) is 88.8 Å². The molecule has 22 heavy (non-hydrogen) atoms. The van der Waals surface area contributed by atoms with Gasteiger partial charge in [-0.3, -0.25) is 0 Å². The Bertz CT molecular complexity index is 172. The summed E-state index contributed by atoms with van der Waals surface area (Å²) in [6.07, 6.45) is 18.5. The average molecular weight is 349 g/mol. The Morgan fingerprint density at radius 2 is 0.909 bits per heavy atom. The van der Waals surface area contributed by atoms with Gasteiger partial charge in [0.05, 0.1) is 0 Å². The molecule has 0 aromatic carbocycles. The number of hydrogen-bond acceptors (Lipinski definition) is 4. The van der Waals surface area contributed by atoms with Crippen molar-refractivity contribution in [2.45, 2.75) is 64.2 Å². The lowest BCUT2D eigenvalue weighted by atomic mass is 10.1. The Morgan fingerprint density at radius 1 is 0.455 bits per heavy atom. The Kier molecular flexibility index (Phi) is 22.2. The van der Waals surface area contributed by atoms with Crippen LogP contribution >= 0.6 is 23.5 Å². The van der Waals surface area contributed by atoms with Gasteiger partial charge in [-0.05, 0) is 57.2 Å². The van der Waals surface area contributed by atoms with E-state index >= 15 is 0 Å². The summed E-state index contributed by atoms with van der Waals surface area (Å²) in [6.45, 7) is 4.69. The molecule has 0 radical (unpaired) electrons. The molecule has 0 heterocycles. The molecule has 0 aromatic heterocycles. The van der Waals surface area contributed by atoms with Crippen molar-refractivity contribution in [1.82, 2.24) is 10.6 Å². The lowest BCUT2D eigenvalue weighted by Crippen LogP contribution is -2.24. The second kappa shape index (κ2) is 21.6. The summed E-state index contributed by atoms with van der Waals surface area (Å²) in [4.78, 5) is 0. The highest BCUT2D eigenvalue weighted by Gasteiger charge is 1.93. The third-order valence-electron chi connectivity index (χ3n) is 3.89. The van der Waals surface area contributed by atoms with Gasteiger partial charge in [0.2, 0.25) is 0 Å². The van der Waals surface area contributed by atoms with Gasteiger partial charge in [-0.15, -0.1) is 0 Å². The zero-order valence-corrected chi connectivity index (χ0v) is 16.8. The molecule has 0 aromatic rings. The summed E-state index contributed by atoms with van der Waals surface area (Å²) in [5.74, 6) is 2.58.